The molecule has 144 valence electrons. The lowest BCUT2D eigenvalue weighted by atomic mass is 9.57. The Bertz CT molecular complexity index is 632. The number of aliphatic hydroxyl groups is 1. The summed E-state index contributed by atoms with van der Waals surface area (Å²) in [4.78, 5) is 11.9. The monoisotopic (exact) mass is 363 g/mol. The predicted octanol–water partition coefficient (Wildman–Crippen LogP) is 3.07. The average molecular weight is 363 g/mol. The molecule has 5 fully saturated rings. The van der Waals surface area contributed by atoms with Gasteiger partial charge in [0.1, 0.15) is 0 Å². The first-order valence-electron chi connectivity index (χ1n) is 9.78. The van der Waals surface area contributed by atoms with E-state index in [1.807, 2.05) is 13.0 Å². The third kappa shape index (κ3) is 2.56. The van der Waals surface area contributed by atoms with E-state index in [9.17, 15) is 5.11 Å². The summed E-state index contributed by atoms with van der Waals surface area (Å²) in [5.74, 6) is 0.461. The van der Waals surface area contributed by atoms with Crippen LogP contribution in [0.3, 0.4) is 0 Å². The molecule has 0 radical (unpaired) electrons. The fraction of sp³-hybridized carbons (Fsp3) is 0.850. The molecule has 4 heterocycles. The molecule has 26 heavy (non-hydrogen) atoms. The first-order valence-corrected chi connectivity index (χ1v) is 9.78. The molecule has 5 rings (SSSR count). The maximum absolute atomic E-state index is 10.3. The van der Waals surface area contributed by atoms with E-state index in [0.717, 1.165) is 25.7 Å². The normalized spacial score (nSPS) is 51.0. The van der Waals surface area contributed by atoms with E-state index >= 15 is 0 Å². The molecule has 4 aliphatic heterocycles. The SMILES string of the molecule is C=C(C#N)[C@H](O)C[C@H]1O[C@@H]2O[C@]3(C)CC[C@H]4[C@H](C)CC[C@@H]([C@H]1C)C24OO3. The van der Waals surface area contributed by atoms with Gasteiger partial charge in [0, 0.05) is 18.8 Å². The number of hydrogen-bond acceptors (Lipinski definition) is 6. The maximum atomic E-state index is 10.3. The molecule has 1 aliphatic carbocycles. The zero-order valence-corrected chi connectivity index (χ0v) is 15.8. The van der Waals surface area contributed by atoms with Gasteiger partial charge in [-0.3, -0.25) is 0 Å². The highest BCUT2D eigenvalue weighted by Crippen LogP contribution is 2.60. The minimum Gasteiger partial charge on any atom is -0.388 e. The van der Waals surface area contributed by atoms with Crippen molar-refractivity contribution in [3.05, 3.63) is 12.2 Å². The van der Waals surface area contributed by atoms with Gasteiger partial charge in [-0.1, -0.05) is 20.4 Å². The molecule has 1 N–H and O–H groups in total. The molecule has 1 unspecified atom stereocenters. The second kappa shape index (κ2) is 6.29. The average Bonchev–Trinajstić information content (AvgIpc) is 2.84. The smallest absolute Gasteiger partial charge is 0.201 e. The first-order chi connectivity index (χ1) is 12.3. The van der Waals surface area contributed by atoms with Crippen LogP contribution < -0.4 is 0 Å². The zero-order chi connectivity index (χ0) is 18.7. The van der Waals surface area contributed by atoms with Crippen molar-refractivity contribution in [3.63, 3.8) is 0 Å². The van der Waals surface area contributed by atoms with Gasteiger partial charge in [0.25, 0.3) is 0 Å². The van der Waals surface area contributed by atoms with Crippen LogP contribution in [0.1, 0.15) is 52.9 Å². The van der Waals surface area contributed by atoms with Gasteiger partial charge in [-0.05, 0) is 43.9 Å². The first kappa shape index (κ1) is 18.4. The fourth-order valence-electron chi connectivity index (χ4n) is 5.68. The van der Waals surface area contributed by atoms with E-state index in [1.54, 1.807) is 0 Å². The van der Waals surface area contributed by atoms with Crippen LogP contribution in [0.2, 0.25) is 0 Å². The molecular formula is C20H29NO5. The lowest BCUT2D eigenvalue weighted by Crippen LogP contribution is -2.70. The lowest BCUT2D eigenvalue weighted by Gasteiger charge is -2.60. The van der Waals surface area contributed by atoms with Gasteiger partial charge in [0.05, 0.1) is 23.9 Å². The fourth-order valence-corrected chi connectivity index (χ4v) is 5.68. The Labute approximate surface area is 155 Å². The largest absolute Gasteiger partial charge is 0.388 e. The van der Waals surface area contributed by atoms with Gasteiger partial charge < -0.3 is 14.6 Å². The molecular weight excluding hydrogens is 334 g/mol. The highest BCUT2D eigenvalue weighted by atomic mass is 17.3. The molecule has 9 atom stereocenters. The number of fused-ring (bicyclic) bond motifs is 2. The van der Waals surface area contributed by atoms with Crippen LogP contribution in [-0.2, 0) is 19.2 Å². The summed E-state index contributed by atoms with van der Waals surface area (Å²) < 4.78 is 12.7. The van der Waals surface area contributed by atoms with Crippen molar-refractivity contribution in [2.24, 2.45) is 23.7 Å². The summed E-state index contributed by atoms with van der Waals surface area (Å²) in [5.41, 5.74) is -0.410. The summed E-state index contributed by atoms with van der Waals surface area (Å²) in [6.45, 7) is 9.98. The third-order valence-corrected chi connectivity index (χ3v) is 7.30. The van der Waals surface area contributed by atoms with Crippen molar-refractivity contribution < 1.29 is 24.4 Å². The predicted molar refractivity (Wildman–Crippen MR) is 92.2 cm³/mol. The second-order valence-corrected chi connectivity index (χ2v) is 8.83. The van der Waals surface area contributed by atoms with Gasteiger partial charge in [-0.15, -0.1) is 0 Å². The minimum absolute atomic E-state index is 0.164. The van der Waals surface area contributed by atoms with Crippen molar-refractivity contribution in [3.8, 4) is 6.07 Å². The van der Waals surface area contributed by atoms with Crippen molar-refractivity contribution in [1.29, 1.82) is 5.26 Å². The van der Waals surface area contributed by atoms with E-state index < -0.39 is 23.8 Å². The molecule has 0 amide bonds. The topological polar surface area (TPSA) is 80.9 Å². The van der Waals surface area contributed by atoms with E-state index in [1.165, 1.54) is 0 Å². The summed E-state index contributed by atoms with van der Waals surface area (Å²) in [6.07, 6.45) is 2.68. The standard InChI is InChI=1S/C20H29NO5/c1-11-5-6-15-13(3)17(9-16(22)12(2)10-21)23-18-20(15)14(11)7-8-19(4,24-18)25-26-20/h11,13-18,22H,2,5-9H2,1,3-4H3/t11-,13-,14+,15+,16-,17-,18-,19+,20?/m1/s1. The van der Waals surface area contributed by atoms with Crippen LogP contribution in [0.25, 0.3) is 0 Å². The molecule has 0 aromatic carbocycles. The van der Waals surface area contributed by atoms with E-state index in [-0.39, 0.29) is 23.5 Å². The number of aliphatic hydroxyl groups excluding tert-OH is 1. The van der Waals surface area contributed by atoms with Crippen molar-refractivity contribution in [1.82, 2.24) is 0 Å². The molecule has 0 aromatic rings. The van der Waals surface area contributed by atoms with Crippen LogP contribution in [0.15, 0.2) is 12.2 Å². The van der Waals surface area contributed by atoms with Crippen molar-refractivity contribution >= 4 is 0 Å². The molecule has 0 aromatic heterocycles. The van der Waals surface area contributed by atoms with E-state index in [4.69, 9.17) is 24.5 Å². The van der Waals surface area contributed by atoms with Crippen LogP contribution >= 0.6 is 0 Å². The summed E-state index contributed by atoms with van der Waals surface area (Å²) >= 11 is 0. The third-order valence-electron chi connectivity index (χ3n) is 7.30. The van der Waals surface area contributed by atoms with Crippen LogP contribution in [0.4, 0.5) is 0 Å². The van der Waals surface area contributed by atoms with E-state index in [0.29, 0.717) is 18.3 Å². The Kier molecular flexibility index (Phi) is 4.45. The number of rotatable bonds is 3. The Morgan fingerprint density at radius 1 is 1.27 bits per heavy atom. The summed E-state index contributed by atoms with van der Waals surface area (Å²) in [7, 11) is 0. The molecule has 1 saturated carbocycles. The van der Waals surface area contributed by atoms with Crippen LogP contribution in [0, 0.1) is 35.0 Å². The van der Waals surface area contributed by atoms with Gasteiger partial charge >= 0.3 is 0 Å². The minimum atomic E-state index is -0.893. The zero-order valence-electron chi connectivity index (χ0n) is 15.8. The number of nitrogens with zero attached hydrogens (tertiary/aromatic N) is 1. The van der Waals surface area contributed by atoms with Crippen LogP contribution in [0.5, 0.6) is 0 Å². The van der Waals surface area contributed by atoms with Crippen LogP contribution in [-0.4, -0.2) is 35.0 Å². The molecule has 6 nitrogen and oxygen atoms in total. The maximum Gasteiger partial charge on any atom is 0.201 e. The Morgan fingerprint density at radius 3 is 2.77 bits per heavy atom. The van der Waals surface area contributed by atoms with Crippen molar-refractivity contribution in [2.75, 3.05) is 0 Å². The molecule has 2 bridgehead atoms. The van der Waals surface area contributed by atoms with Gasteiger partial charge in [0.15, 0.2) is 11.9 Å². The van der Waals surface area contributed by atoms with E-state index in [2.05, 4.69) is 20.4 Å². The Morgan fingerprint density at radius 2 is 2.04 bits per heavy atom. The second-order valence-electron chi connectivity index (χ2n) is 8.83. The number of hydrogen-bond donors (Lipinski definition) is 1. The Balaban J connectivity index is 1.66. The molecule has 5 aliphatic rings. The lowest BCUT2D eigenvalue weighted by molar-refractivity contribution is -0.571. The number of ether oxygens (including phenoxy) is 2. The van der Waals surface area contributed by atoms with Crippen molar-refractivity contribution in [2.45, 2.75) is 82.8 Å². The highest BCUT2D eigenvalue weighted by Gasteiger charge is 2.69. The Hall–Kier alpha value is -0.970. The molecule has 1 spiro atoms. The number of nitriles is 1. The highest BCUT2D eigenvalue weighted by molar-refractivity contribution is 5.21. The van der Waals surface area contributed by atoms with Gasteiger partial charge in [0.2, 0.25) is 5.79 Å². The van der Waals surface area contributed by atoms with Gasteiger partial charge in [-0.2, -0.15) is 5.26 Å². The quantitative estimate of drug-likeness (QED) is 0.613. The molecule has 6 heteroatoms. The summed E-state index contributed by atoms with van der Waals surface area (Å²) in [5, 5.41) is 19.3. The van der Waals surface area contributed by atoms with Gasteiger partial charge in [-0.25, -0.2) is 9.78 Å². The summed E-state index contributed by atoms with van der Waals surface area (Å²) in [6, 6.07) is 1.94. The molecule has 4 saturated heterocycles.